The zero-order valence-corrected chi connectivity index (χ0v) is 22.8. The van der Waals surface area contributed by atoms with E-state index in [9.17, 15) is 24.2 Å². The van der Waals surface area contributed by atoms with Crippen molar-refractivity contribution in [1.29, 1.82) is 0 Å². The van der Waals surface area contributed by atoms with Crippen LogP contribution in [0.15, 0.2) is 18.2 Å². The molecule has 1 aromatic rings. The Morgan fingerprint density at radius 1 is 1.20 bits per heavy atom. The van der Waals surface area contributed by atoms with Crippen molar-refractivity contribution >= 4 is 43.3 Å². The first kappa shape index (κ1) is 29.9. The summed E-state index contributed by atoms with van der Waals surface area (Å²) in [7, 11) is -2.50. The summed E-state index contributed by atoms with van der Waals surface area (Å²) >= 11 is 12.2. The predicted molar refractivity (Wildman–Crippen MR) is 136 cm³/mol. The van der Waals surface area contributed by atoms with Gasteiger partial charge in [0.05, 0.1) is 16.1 Å². The van der Waals surface area contributed by atoms with Gasteiger partial charge in [-0.15, -0.1) is 0 Å². The third kappa shape index (κ3) is 9.93. The summed E-state index contributed by atoms with van der Waals surface area (Å²) in [6, 6.07) is 4.37. The number of amides is 1. The summed E-state index contributed by atoms with van der Waals surface area (Å²) in [6.07, 6.45) is 3.91. The lowest BCUT2D eigenvalue weighted by Gasteiger charge is -2.34. The Hall–Kier alpha value is -1.31. The lowest BCUT2D eigenvalue weighted by molar-refractivity contribution is -0.153. The third-order valence-corrected chi connectivity index (χ3v) is 8.09. The summed E-state index contributed by atoms with van der Waals surface area (Å²) in [5.74, 6) is 0.0522. The molecule has 1 aliphatic rings. The fraction of sp³-hybridized carbons (Fsp3) is 0.667. The first-order valence-electron chi connectivity index (χ1n) is 12.1. The molecule has 0 aliphatic heterocycles. The molecule has 2 N–H and O–H groups in total. The molecule has 0 radical (unpaired) electrons. The largest absolute Gasteiger partial charge is 0.428 e. The average Bonchev–Trinajstić information content (AvgIpc) is 2.79. The molecule has 1 amide bonds. The van der Waals surface area contributed by atoms with Crippen molar-refractivity contribution in [3.8, 4) is 0 Å². The Morgan fingerprint density at radius 3 is 2.57 bits per heavy atom. The Kier molecular flexibility index (Phi) is 12.9. The monoisotopic (exact) mass is 551 g/mol. The molecular formula is C24H36Cl2NO7P. The average molecular weight is 552 g/mol. The smallest absolute Gasteiger partial charge is 0.415 e. The second kappa shape index (κ2) is 15.1. The highest BCUT2D eigenvalue weighted by Gasteiger charge is 2.31. The number of benzene rings is 1. The number of ether oxygens (including phenoxy) is 2. The van der Waals surface area contributed by atoms with E-state index in [1.165, 1.54) is 4.90 Å². The van der Waals surface area contributed by atoms with Crippen molar-refractivity contribution in [3.63, 3.8) is 0 Å². The summed E-state index contributed by atoms with van der Waals surface area (Å²) < 4.78 is 21.3. The minimum atomic E-state index is -2.50. The standard InChI is InChI=1S/C24H36Cl2NO7P/c1-3-5-23(29)33-15-34-24(30)27(16(2)19-9-10-20(25)21(26)13-19)22(28)11-8-17-6-4-7-18(12-17)14-35(31)32/h9-10,13,16-18,22,28,35H,3-8,11-12,14-15H2,1-2H3,(H,31,32)/t16-,17?,18?,22?/m1/s1. The lowest BCUT2D eigenvalue weighted by atomic mass is 9.80. The van der Waals surface area contributed by atoms with Gasteiger partial charge >= 0.3 is 12.1 Å². The molecule has 8 nitrogen and oxygen atoms in total. The minimum Gasteiger partial charge on any atom is -0.428 e. The fourth-order valence-electron chi connectivity index (χ4n) is 4.59. The van der Waals surface area contributed by atoms with Crippen molar-refractivity contribution in [2.24, 2.45) is 11.8 Å². The van der Waals surface area contributed by atoms with E-state index in [2.05, 4.69) is 0 Å². The molecule has 0 saturated heterocycles. The molecule has 35 heavy (non-hydrogen) atoms. The van der Waals surface area contributed by atoms with E-state index in [0.717, 1.165) is 25.7 Å². The molecule has 0 spiro atoms. The van der Waals surface area contributed by atoms with Crippen LogP contribution in [0.5, 0.6) is 0 Å². The predicted octanol–water partition coefficient (Wildman–Crippen LogP) is 6.17. The van der Waals surface area contributed by atoms with Crippen LogP contribution in [0.2, 0.25) is 10.0 Å². The maximum absolute atomic E-state index is 12.9. The number of halogens is 2. The molecule has 198 valence electrons. The Balaban J connectivity index is 2.07. The zero-order valence-electron chi connectivity index (χ0n) is 20.3. The van der Waals surface area contributed by atoms with Gasteiger partial charge in [-0.3, -0.25) is 14.3 Å². The topological polar surface area (TPSA) is 113 Å². The molecule has 0 heterocycles. The number of hydrogen-bond donors (Lipinski definition) is 2. The Bertz CT molecular complexity index is 872. The van der Waals surface area contributed by atoms with E-state index in [4.69, 9.17) is 32.7 Å². The van der Waals surface area contributed by atoms with E-state index in [1.807, 2.05) is 6.92 Å². The van der Waals surface area contributed by atoms with Crippen molar-refractivity contribution in [2.75, 3.05) is 13.0 Å². The molecule has 11 heteroatoms. The van der Waals surface area contributed by atoms with Gasteiger partial charge in [0.2, 0.25) is 6.79 Å². The van der Waals surface area contributed by atoms with Gasteiger partial charge in [0, 0.05) is 12.6 Å². The number of aliphatic hydroxyl groups excluding tert-OH is 1. The van der Waals surface area contributed by atoms with Crippen LogP contribution >= 0.6 is 31.2 Å². The summed E-state index contributed by atoms with van der Waals surface area (Å²) in [5, 5.41) is 11.7. The fourth-order valence-corrected chi connectivity index (χ4v) is 5.76. The zero-order chi connectivity index (χ0) is 26.0. The number of nitrogens with zero attached hydrogens (tertiary/aromatic N) is 1. The lowest BCUT2D eigenvalue weighted by Crippen LogP contribution is -2.43. The molecule has 0 bridgehead atoms. The van der Waals surface area contributed by atoms with Crippen molar-refractivity contribution in [3.05, 3.63) is 33.8 Å². The Labute approximate surface area is 217 Å². The molecular weight excluding hydrogens is 516 g/mol. The van der Waals surface area contributed by atoms with E-state index in [1.54, 1.807) is 25.1 Å². The van der Waals surface area contributed by atoms with Crippen LogP contribution in [-0.4, -0.2) is 46.1 Å². The number of rotatable bonds is 12. The van der Waals surface area contributed by atoms with Crippen LogP contribution in [0, 0.1) is 11.8 Å². The second-order valence-electron chi connectivity index (χ2n) is 9.11. The molecule has 2 rings (SSSR count). The highest BCUT2D eigenvalue weighted by atomic mass is 35.5. The van der Waals surface area contributed by atoms with Gasteiger partial charge in [-0.2, -0.15) is 0 Å². The maximum atomic E-state index is 12.9. The van der Waals surface area contributed by atoms with Crippen LogP contribution in [0.25, 0.3) is 0 Å². The van der Waals surface area contributed by atoms with Gasteiger partial charge < -0.3 is 19.5 Å². The maximum Gasteiger partial charge on any atom is 0.415 e. The molecule has 1 fully saturated rings. The summed E-state index contributed by atoms with van der Waals surface area (Å²) in [4.78, 5) is 35.0. The molecule has 1 aliphatic carbocycles. The molecule has 1 aromatic carbocycles. The van der Waals surface area contributed by atoms with Crippen LogP contribution in [0.3, 0.4) is 0 Å². The third-order valence-electron chi connectivity index (χ3n) is 6.42. The van der Waals surface area contributed by atoms with Gasteiger partial charge in [-0.05, 0) is 68.6 Å². The van der Waals surface area contributed by atoms with Gasteiger partial charge in [-0.1, -0.05) is 49.0 Å². The number of carbonyl (C=O) groups is 2. The van der Waals surface area contributed by atoms with E-state index < -0.39 is 39.2 Å². The minimum absolute atomic E-state index is 0.219. The SMILES string of the molecule is CCCC(=O)OCOC(=O)N(C(O)CCC1CCCC(C[PH](=O)O)C1)[C@H](C)c1ccc(Cl)c(Cl)c1. The van der Waals surface area contributed by atoms with E-state index >= 15 is 0 Å². The number of esters is 1. The Morgan fingerprint density at radius 2 is 1.91 bits per heavy atom. The van der Waals surface area contributed by atoms with Gasteiger partial charge in [0.15, 0.2) is 8.03 Å². The van der Waals surface area contributed by atoms with Crippen LogP contribution in [0.4, 0.5) is 4.79 Å². The number of hydrogen-bond acceptors (Lipinski definition) is 6. The number of aliphatic hydroxyl groups is 1. The number of carbonyl (C=O) groups excluding carboxylic acids is 2. The highest BCUT2D eigenvalue weighted by molar-refractivity contribution is 7.38. The van der Waals surface area contributed by atoms with Gasteiger partial charge in [0.25, 0.3) is 0 Å². The van der Waals surface area contributed by atoms with Crippen LogP contribution < -0.4 is 0 Å². The molecule has 0 aromatic heterocycles. The summed E-state index contributed by atoms with van der Waals surface area (Å²) in [5.41, 5.74) is 0.657. The normalized spacial score (nSPS) is 20.5. The molecule has 1 saturated carbocycles. The highest BCUT2D eigenvalue weighted by Crippen LogP contribution is 2.37. The van der Waals surface area contributed by atoms with E-state index in [0.29, 0.717) is 47.0 Å². The van der Waals surface area contributed by atoms with Crippen LogP contribution in [-0.2, 0) is 18.8 Å². The van der Waals surface area contributed by atoms with Crippen molar-refractivity contribution < 1.29 is 33.6 Å². The van der Waals surface area contributed by atoms with Gasteiger partial charge in [-0.25, -0.2) is 4.79 Å². The first-order chi connectivity index (χ1) is 16.6. The van der Waals surface area contributed by atoms with Crippen molar-refractivity contribution in [2.45, 2.75) is 77.5 Å². The molecule has 4 unspecified atom stereocenters. The first-order valence-corrected chi connectivity index (χ1v) is 14.4. The quantitative estimate of drug-likeness (QED) is 0.181. The molecule has 5 atom stereocenters. The van der Waals surface area contributed by atoms with Crippen molar-refractivity contribution in [1.82, 2.24) is 4.90 Å². The van der Waals surface area contributed by atoms with Crippen LogP contribution in [0.1, 0.15) is 76.8 Å². The summed E-state index contributed by atoms with van der Waals surface area (Å²) in [6.45, 7) is 3.03. The second-order valence-corrected chi connectivity index (χ2v) is 11.1. The van der Waals surface area contributed by atoms with E-state index in [-0.39, 0.29) is 12.3 Å². The van der Waals surface area contributed by atoms with Gasteiger partial charge in [0.1, 0.15) is 6.23 Å².